The number of rotatable bonds is 12. The van der Waals surface area contributed by atoms with Crippen molar-refractivity contribution in [3.8, 4) is 73.9 Å². The second kappa shape index (κ2) is 16.9. The monoisotopic (exact) mass is 796 g/mol. The fourth-order valence-corrected chi connectivity index (χ4v) is 6.87. The van der Waals surface area contributed by atoms with Crippen molar-refractivity contribution < 1.29 is 28.6 Å². The summed E-state index contributed by atoms with van der Waals surface area (Å²) in [5.74, 6) is 3.21. The van der Waals surface area contributed by atoms with Gasteiger partial charge < -0.3 is 19.0 Å². The summed E-state index contributed by atoms with van der Waals surface area (Å²) in [6.07, 6.45) is 0. The number of carbonyl (C=O) groups excluding carboxylic acids is 2. The highest BCUT2D eigenvalue weighted by molar-refractivity contribution is 6.14. The molecule has 0 atom stereocenters. The van der Waals surface area contributed by atoms with Crippen molar-refractivity contribution in [2.75, 3.05) is 0 Å². The molecule has 61 heavy (non-hydrogen) atoms. The predicted molar refractivity (Wildman–Crippen MR) is 235 cm³/mol. The normalized spacial score (nSPS) is 10.9. The highest BCUT2D eigenvalue weighted by Crippen LogP contribution is 2.34. The minimum absolute atomic E-state index is 0.0879. The molecule has 0 aliphatic heterocycles. The van der Waals surface area contributed by atoms with Gasteiger partial charge in [-0.25, -0.2) is 0 Å². The molecule has 8 nitrogen and oxygen atoms in total. The first kappa shape index (κ1) is 38.2. The minimum atomic E-state index is -0.179. The van der Waals surface area contributed by atoms with Gasteiger partial charge >= 0.3 is 0 Å². The molecule has 0 aliphatic rings. The molecule has 1 N–H and O–H groups in total. The number of nitrogens with zero attached hydrogens (tertiary/aromatic N) is 2. The van der Waals surface area contributed by atoms with E-state index in [1.807, 2.05) is 140 Å². The third-order valence-electron chi connectivity index (χ3n) is 10.2. The Balaban J connectivity index is 0.986. The molecule has 0 aliphatic carbocycles. The number of phenols is 1. The molecule has 0 saturated heterocycles. The molecule has 294 valence electrons. The number of phenolic OH excluding ortho intramolecular Hbond substituents is 1. The van der Waals surface area contributed by atoms with E-state index >= 15 is 0 Å². The second-order valence-electron chi connectivity index (χ2n) is 14.4. The van der Waals surface area contributed by atoms with Gasteiger partial charge in [0.05, 0.1) is 0 Å². The highest BCUT2D eigenvalue weighted by Gasteiger charge is 2.19. The largest absolute Gasteiger partial charge is 0.508 e. The first-order chi connectivity index (χ1) is 29.8. The minimum Gasteiger partial charge on any atom is -0.508 e. The van der Waals surface area contributed by atoms with Gasteiger partial charge in [0.2, 0.25) is 11.8 Å². The predicted octanol–water partition coefficient (Wildman–Crippen LogP) is 12.8. The topological polar surface area (TPSA) is 112 Å². The maximum Gasteiger partial charge on any atom is 0.248 e. The Hall–Kier alpha value is -8.36. The number of aromatic hydroxyl groups is 1. The van der Waals surface area contributed by atoms with Crippen molar-refractivity contribution in [3.05, 3.63) is 222 Å². The van der Waals surface area contributed by atoms with Gasteiger partial charge in [0, 0.05) is 33.4 Å². The maximum atomic E-state index is 14.5. The van der Waals surface area contributed by atoms with E-state index in [0.717, 1.165) is 39.1 Å². The first-order valence-electron chi connectivity index (χ1n) is 19.6. The van der Waals surface area contributed by atoms with Crippen molar-refractivity contribution >= 4 is 11.6 Å². The van der Waals surface area contributed by atoms with Crippen LogP contribution in [0.3, 0.4) is 0 Å². The molecule has 8 aromatic carbocycles. The Bertz CT molecular complexity index is 2960. The number of hydrogen-bond acceptors (Lipinski definition) is 8. The van der Waals surface area contributed by atoms with Crippen LogP contribution in [0, 0.1) is 6.92 Å². The number of hydrogen-bond donors (Lipinski definition) is 1. The lowest BCUT2D eigenvalue weighted by atomic mass is 9.90. The fraction of sp³-hybridized carbons (Fsp3) is 0.0189. The molecule has 0 saturated carbocycles. The summed E-state index contributed by atoms with van der Waals surface area (Å²) < 4.78 is 18.0. The van der Waals surface area contributed by atoms with Crippen molar-refractivity contribution in [2.45, 2.75) is 6.92 Å². The Morgan fingerprint density at radius 2 is 0.869 bits per heavy atom. The number of aryl methyl sites for hydroxylation is 1. The zero-order valence-corrected chi connectivity index (χ0v) is 32.9. The molecule has 9 rings (SSSR count). The van der Waals surface area contributed by atoms with Crippen LogP contribution >= 0.6 is 0 Å². The van der Waals surface area contributed by atoms with Crippen molar-refractivity contribution in [1.82, 2.24) is 10.2 Å². The summed E-state index contributed by atoms with van der Waals surface area (Å²) in [5, 5.41) is 18.2. The standard InChI is InChI=1S/C53H36N2O6/c1-34-7-9-40(10-8-34)52-54-55-53(61-52)41-17-11-35(12-18-41)42-23-32-48(36-13-15-37(16-14-36)50(57)38-19-24-43(56)25-20-38)49(33-42)51(58)39-21-26-45(27-22-39)60-47-30-28-46(29-31-47)59-44-5-3-2-4-6-44/h2-33,56H,1H3. The second-order valence-corrected chi connectivity index (χ2v) is 14.4. The lowest BCUT2D eigenvalue weighted by molar-refractivity contribution is 0.103. The number of carbonyl (C=O) groups is 2. The van der Waals surface area contributed by atoms with Crippen LogP contribution in [0.25, 0.3) is 45.2 Å². The molecule has 0 spiro atoms. The molecule has 0 unspecified atom stereocenters. The SMILES string of the molecule is Cc1ccc(-c2nnc(-c3ccc(-c4ccc(-c5ccc(C(=O)c6ccc(O)cc6)cc5)c(C(=O)c5ccc(Oc6ccc(Oc7ccccc7)cc6)cc5)c4)cc3)o2)cc1. The summed E-state index contributed by atoms with van der Waals surface area (Å²) in [6.45, 7) is 2.03. The number of benzene rings is 8. The van der Waals surface area contributed by atoms with Crippen molar-refractivity contribution in [1.29, 1.82) is 0 Å². The molecule has 0 amide bonds. The van der Waals surface area contributed by atoms with E-state index < -0.39 is 0 Å². The molecule has 1 aromatic heterocycles. The summed E-state index contributed by atoms with van der Waals surface area (Å²) in [7, 11) is 0. The summed E-state index contributed by atoms with van der Waals surface area (Å²) in [5.41, 5.74) is 7.88. The zero-order valence-electron chi connectivity index (χ0n) is 32.9. The van der Waals surface area contributed by atoms with Crippen LogP contribution < -0.4 is 9.47 Å². The van der Waals surface area contributed by atoms with E-state index in [9.17, 15) is 14.7 Å². The molecule has 8 heteroatoms. The molecule has 9 aromatic rings. The van der Waals surface area contributed by atoms with Crippen LogP contribution in [0.15, 0.2) is 199 Å². The van der Waals surface area contributed by atoms with E-state index in [-0.39, 0.29) is 17.3 Å². The number of aromatic nitrogens is 2. The zero-order chi connectivity index (χ0) is 41.7. The molecule has 0 bridgehead atoms. The van der Waals surface area contributed by atoms with Crippen LogP contribution in [0.2, 0.25) is 0 Å². The van der Waals surface area contributed by atoms with Gasteiger partial charge in [-0.2, -0.15) is 0 Å². The van der Waals surface area contributed by atoms with Crippen molar-refractivity contribution in [2.24, 2.45) is 0 Å². The highest BCUT2D eigenvalue weighted by atomic mass is 16.5. The third kappa shape index (κ3) is 8.60. The van der Waals surface area contributed by atoms with Gasteiger partial charge in [0.15, 0.2) is 11.6 Å². The van der Waals surface area contributed by atoms with E-state index in [1.165, 1.54) is 12.1 Å². The van der Waals surface area contributed by atoms with Crippen LogP contribution in [-0.4, -0.2) is 26.9 Å². The molecule has 0 radical (unpaired) electrons. The quantitative estimate of drug-likeness (QED) is 0.122. The molecular weight excluding hydrogens is 761 g/mol. The van der Waals surface area contributed by atoms with Crippen LogP contribution in [-0.2, 0) is 0 Å². The molecule has 0 fully saturated rings. The Labute approximate surface area is 352 Å². The molecule has 1 heterocycles. The van der Waals surface area contributed by atoms with Gasteiger partial charge in [-0.1, -0.05) is 84.4 Å². The fourth-order valence-electron chi connectivity index (χ4n) is 6.87. The molecular formula is C53H36N2O6. The summed E-state index contributed by atoms with van der Waals surface area (Å²) in [4.78, 5) is 27.7. The maximum absolute atomic E-state index is 14.5. The van der Waals surface area contributed by atoms with Gasteiger partial charge in [-0.05, 0) is 144 Å². The van der Waals surface area contributed by atoms with Gasteiger partial charge in [0.25, 0.3) is 0 Å². The van der Waals surface area contributed by atoms with E-state index in [4.69, 9.17) is 13.9 Å². The lowest BCUT2D eigenvalue weighted by Crippen LogP contribution is -2.05. The average molecular weight is 797 g/mol. The van der Waals surface area contributed by atoms with Gasteiger partial charge in [-0.3, -0.25) is 9.59 Å². The Morgan fingerprint density at radius 1 is 0.443 bits per heavy atom. The summed E-state index contributed by atoms with van der Waals surface area (Å²) in [6, 6.07) is 58.8. The lowest BCUT2D eigenvalue weighted by Gasteiger charge is -2.14. The van der Waals surface area contributed by atoms with Gasteiger partial charge in [-0.15, -0.1) is 10.2 Å². The van der Waals surface area contributed by atoms with Crippen LogP contribution in [0.4, 0.5) is 0 Å². The Morgan fingerprint density at radius 3 is 1.44 bits per heavy atom. The van der Waals surface area contributed by atoms with Gasteiger partial charge in [0.1, 0.15) is 28.7 Å². The Kier molecular flexibility index (Phi) is 10.5. The summed E-state index contributed by atoms with van der Waals surface area (Å²) >= 11 is 0. The van der Waals surface area contributed by atoms with Crippen LogP contribution in [0.1, 0.15) is 37.4 Å². The average Bonchev–Trinajstić information content (AvgIpc) is 3.81. The number of ether oxygens (including phenoxy) is 2. The first-order valence-corrected chi connectivity index (χ1v) is 19.6. The number of ketones is 2. The third-order valence-corrected chi connectivity index (χ3v) is 10.2. The van der Waals surface area contributed by atoms with Crippen molar-refractivity contribution in [3.63, 3.8) is 0 Å². The van der Waals surface area contributed by atoms with E-state index in [1.54, 1.807) is 48.5 Å². The number of para-hydroxylation sites is 1. The van der Waals surface area contributed by atoms with E-state index in [0.29, 0.717) is 56.8 Å². The van der Waals surface area contributed by atoms with Crippen LogP contribution in [0.5, 0.6) is 28.7 Å². The smallest absolute Gasteiger partial charge is 0.248 e. The van der Waals surface area contributed by atoms with E-state index in [2.05, 4.69) is 10.2 Å².